The fraction of sp³-hybridized carbons (Fsp3) is 0.636. The van der Waals surface area contributed by atoms with Crippen LogP contribution >= 0.6 is 0 Å². The molecule has 1 amide bonds. The van der Waals surface area contributed by atoms with Crippen LogP contribution < -0.4 is 21.1 Å². The quantitative estimate of drug-likeness (QED) is 0.624. The van der Waals surface area contributed by atoms with Gasteiger partial charge in [0, 0.05) is 6.54 Å². The molecule has 0 saturated heterocycles. The minimum atomic E-state index is -0.573. The third-order valence-corrected chi connectivity index (χ3v) is 2.16. The minimum Gasteiger partial charge on any atom is -0.463 e. The molecular formula is C11H20N6O2. The van der Waals surface area contributed by atoms with Crippen LogP contribution in [0.15, 0.2) is 0 Å². The summed E-state index contributed by atoms with van der Waals surface area (Å²) < 4.78 is 5.37. The smallest absolute Gasteiger partial charge is 0.323 e. The summed E-state index contributed by atoms with van der Waals surface area (Å²) in [4.78, 5) is 23.3. The van der Waals surface area contributed by atoms with Crippen LogP contribution in [-0.2, 0) is 4.79 Å². The van der Waals surface area contributed by atoms with Gasteiger partial charge in [0.05, 0.1) is 6.61 Å². The number of rotatable bonds is 8. The highest BCUT2D eigenvalue weighted by molar-refractivity contribution is 5.81. The summed E-state index contributed by atoms with van der Waals surface area (Å²) in [6.07, 6.45) is 0.850. The van der Waals surface area contributed by atoms with Crippen LogP contribution in [-0.4, -0.2) is 40.1 Å². The molecule has 0 bridgehead atoms. The summed E-state index contributed by atoms with van der Waals surface area (Å²) in [5, 5.41) is 5.77. The molecular weight excluding hydrogens is 248 g/mol. The lowest BCUT2D eigenvalue weighted by Gasteiger charge is -2.12. The first-order valence-corrected chi connectivity index (χ1v) is 6.25. The molecule has 0 aliphatic heterocycles. The Balaban J connectivity index is 2.88. The Morgan fingerprint density at radius 3 is 2.58 bits per heavy atom. The highest BCUT2D eigenvalue weighted by atomic mass is 16.5. The van der Waals surface area contributed by atoms with E-state index < -0.39 is 11.9 Å². The Bertz CT molecular complexity index is 426. The lowest BCUT2D eigenvalue weighted by Crippen LogP contribution is -2.33. The van der Waals surface area contributed by atoms with E-state index in [1.54, 1.807) is 6.92 Å². The van der Waals surface area contributed by atoms with Gasteiger partial charge in [0.25, 0.3) is 0 Å². The van der Waals surface area contributed by atoms with Crippen molar-refractivity contribution in [1.82, 2.24) is 15.0 Å². The van der Waals surface area contributed by atoms with E-state index in [-0.39, 0.29) is 12.0 Å². The van der Waals surface area contributed by atoms with Gasteiger partial charge in [-0.2, -0.15) is 15.0 Å². The van der Waals surface area contributed by atoms with Crippen LogP contribution in [0.3, 0.4) is 0 Å². The summed E-state index contributed by atoms with van der Waals surface area (Å²) in [6, 6.07) is -0.358. The van der Waals surface area contributed by atoms with E-state index in [9.17, 15) is 4.79 Å². The summed E-state index contributed by atoms with van der Waals surface area (Å²) in [6.45, 7) is 6.73. The third kappa shape index (κ3) is 4.94. The molecule has 1 rings (SSSR count). The van der Waals surface area contributed by atoms with Crippen LogP contribution in [0.5, 0.6) is 6.01 Å². The van der Waals surface area contributed by atoms with Gasteiger partial charge in [0.1, 0.15) is 6.04 Å². The van der Waals surface area contributed by atoms with Crippen molar-refractivity contribution in [2.75, 3.05) is 23.8 Å². The molecule has 0 aliphatic carbocycles. The van der Waals surface area contributed by atoms with Crippen molar-refractivity contribution in [2.45, 2.75) is 33.2 Å². The second kappa shape index (κ2) is 7.34. The molecule has 4 N–H and O–H groups in total. The van der Waals surface area contributed by atoms with Crippen LogP contribution in [0.2, 0.25) is 0 Å². The molecule has 1 heterocycles. The van der Waals surface area contributed by atoms with Gasteiger partial charge in [-0.15, -0.1) is 0 Å². The molecule has 0 fully saturated rings. The molecule has 0 aliphatic rings. The SMILES string of the molecule is CCCOc1nc(NCC)nc(NC(C)C(N)=O)n1. The average Bonchev–Trinajstić information content (AvgIpc) is 2.36. The Kier molecular flexibility index (Phi) is 5.77. The number of hydrogen-bond acceptors (Lipinski definition) is 7. The van der Waals surface area contributed by atoms with Crippen molar-refractivity contribution < 1.29 is 9.53 Å². The maximum Gasteiger partial charge on any atom is 0.323 e. The highest BCUT2D eigenvalue weighted by Gasteiger charge is 2.12. The maximum atomic E-state index is 11.0. The number of anilines is 2. The number of ether oxygens (including phenoxy) is 1. The molecule has 1 aromatic heterocycles. The zero-order valence-electron chi connectivity index (χ0n) is 11.4. The highest BCUT2D eigenvalue weighted by Crippen LogP contribution is 2.12. The van der Waals surface area contributed by atoms with E-state index in [1.807, 2.05) is 13.8 Å². The predicted molar refractivity (Wildman–Crippen MR) is 72.1 cm³/mol. The van der Waals surface area contributed by atoms with E-state index >= 15 is 0 Å². The van der Waals surface area contributed by atoms with Crippen molar-refractivity contribution in [3.8, 4) is 6.01 Å². The summed E-state index contributed by atoms with van der Waals surface area (Å²) >= 11 is 0. The van der Waals surface area contributed by atoms with Crippen molar-refractivity contribution in [2.24, 2.45) is 5.73 Å². The molecule has 0 spiro atoms. The van der Waals surface area contributed by atoms with Crippen LogP contribution in [0.1, 0.15) is 27.2 Å². The molecule has 0 aromatic carbocycles. The van der Waals surface area contributed by atoms with Gasteiger partial charge in [-0.1, -0.05) is 6.92 Å². The molecule has 0 saturated carbocycles. The standard InChI is InChI=1S/C11H20N6O2/c1-4-6-19-11-16-9(13-5-2)15-10(17-11)14-7(3)8(12)18/h7H,4-6H2,1-3H3,(H2,12,18)(H2,13,14,15,16,17). The lowest BCUT2D eigenvalue weighted by molar-refractivity contribution is -0.118. The van der Waals surface area contributed by atoms with Gasteiger partial charge in [0.15, 0.2) is 0 Å². The Morgan fingerprint density at radius 2 is 2.00 bits per heavy atom. The van der Waals surface area contributed by atoms with Gasteiger partial charge in [0.2, 0.25) is 17.8 Å². The zero-order valence-corrected chi connectivity index (χ0v) is 11.4. The monoisotopic (exact) mass is 268 g/mol. The summed E-state index contributed by atoms with van der Waals surface area (Å²) in [7, 11) is 0. The number of amides is 1. The average molecular weight is 268 g/mol. The lowest BCUT2D eigenvalue weighted by atomic mass is 10.3. The fourth-order valence-electron chi connectivity index (χ4n) is 1.18. The van der Waals surface area contributed by atoms with E-state index in [4.69, 9.17) is 10.5 Å². The normalized spacial score (nSPS) is 11.7. The van der Waals surface area contributed by atoms with Crippen molar-refractivity contribution in [3.63, 3.8) is 0 Å². The number of aromatic nitrogens is 3. The molecule has 8 nitrogen and oxygen atoms in total. The topological polar surface area (TPSA) is 115 Å². The fourth-order valence-corrected chi connectivity index (χ4v) is 1.18. The first-order valence-electron chi connectivity index (χ1n) is 6.25. The third-order valence-electron chi connectivity index (χ3n) is 2.16. The Morgan fingerprint density at radius 1 is 1.32 bits per heavy atom. The zero-order chi connectivity index (χ0) is 14.3. The molecule has 106 valence electrons. The maximum absolute atomic E-state index is 11.0. The largest absolute Gasteiger partial charge is 0.463 e. The van der Waals surface area contributed by atoms with Crippen molar-refractivity contribution in [3.05, 3.63) is 0 Å². The van der Waals surface area contributed by atoms with Crippen LogP contribution in [0, 0.1) is 0 Å². The molecule has 1 atom stereocenters. The van der Waals surface area contributed by atoms with E-state index in [0.29, 0.717) is 19.1 Å². The van der Waals surface area contributed by atoms with Crippen molar-refractivity contribution in [1.29, 1.82) is 0 Å². The van der Waals surface area contributed by atoms with Gasteiger partial charge in [-0.3, -0.25) is 4.79 Å². The number of primary amides is 1. The van der Waals surface area contributed by atoms with Gasteiger partial charge >= 0.3 is 6.01 Å². The number of hydrogen-bond donors (Lipinski definition) is 3. The van der Waals surface area contributed by atoms with Crippen LogP contribution in [0.4, 0.5) is 11.9 Å². The Labute approximate surface area is 112 Å². The van der Waals surface area contributed by atoms with Crippen LogP contribution in [0.25, 0.3) is 0 Å². The number of nitrogens with one attached hydrogen (secondary N) is 2. The summed E-state index contributed by atoms with van der Waals surface area (Å²) in [5.41, 5.74) is 5.18. The van der Waals surface area contributed by atoms with Gasteiger partial charge in [-0.25, -0.2) is 0 Å². The molecule has 0 radical (unpaired) electrons. The first-order chi connectivity index (χ1) is 9.06. The molecule has 19 heavy (non-hydrogen) atoms. The second-order valence-electron chi connectivity index (χ2n) is 3.91. The van der Waals surface area contributed by atoms with Gasteiger partial charge < -0.3 is 21.1 Å². The number of nitrogens with zero attached hydrogens (tertiary/aromatic N) is 3. The molecule has 8 heteroatoms. The molecule has 1 aromatic rings. The number of nitrogens with two attached hydrogens (primary N) is 1. The number of carbonyl (C=O) groups excluding carboxylic acids is 1. The second-order valence-corrected chi connectivity index (χ2v) is 3.91. The minimum absolute atomic E-state index is 0.215. The van der Waals surface area contributed by atoms with E-state index in [1.165, 1.54) is 0 Å². The predicted octanol–water partition coefficient (Wildman–Crippen LogP) is 0.378. The Hall–Kier alpha value is -2.12. The van der Waals surface area contributed by atoms with E-state index in [2.05, 4.69) is 25.6 Å². The van der Waals surface area contributed by atoms with Crippen molar-refractivity contribution >= 4 is 17.8 Å². The first kappa shape index (κ1) is 14.9. The van der Waals surface area contributed by atoms with E-state index in [0.717, 1.165) is 6.42 Å². The number of carbonyl (C=O) groups is 1. The summed E-state index contributed by atoms with van der Waals surface area (Å²) in [5.74, 6) is 0.160. The molecule has 1 unspecified atom stereocenters. The van der Waals surface area contributed by atoms with Gasteiger partial charge in [-0.05, 0) is 20.3 Å².